The minimum Gasteiger partial charge on any atom is -0.467 e. The average Bonchev–Trinajstić information content (AvgIpc) is 3.68. The molecule has 1 atom stereocenters. The number of para-hydroxylation sites is 2. The number of anilines is 1. The summed E-state index contributed by atoms with van der Waals surface area (Å²) in [4.78, 5) is 29.3. The second kappa shape index (κ2) is 10.5. The molecule has 1 N–H and O–H groups in total. The first-order valence-electron chi connectivity index (χ1n) is 12.1. The number of hydrogen-bond donors (Lipinski definition) is 1. The van der Waals surface area contributed by atoms with Crippen LogP contribution in [0.5, 0.6) is 0 Å². The Bertz CT molecular complexity index is 1520. The van der Waals surface area contributed by atoms with E-state index in [1.165, 1.54) is 4.90 Å². The van der Waals surface area contributed by atoms with Crippen LogP contribution in [0.1, 0.15) is 35.8 Å². The molecular formula is C28H27N5O4. The first kappa shape index (κ1) is 24.1. The summed E-state index contributed by atoms with van der Waals surface area (Å²) >= 11 is 0. The summed E-state index contributed by atoms with van der Waals surface area (Å²) in [5.41, 5.74) is 2.97. The van der Waals surface area contributed by atoms with E-state index in [-0.39, 0.29) is 19.0 Å². The first-order valence-corrected chi connectivity index (χ1v) is 12.1. The van der Waals surface area contributed by atoms with Crippen molar-refractivity contribution in [3.63, 3.8) is 0 Å². The minimum atomic E-state index is -1.06. The van der Waals surface area contributed by atoms with Crippen molar-refractivity contribution >= 4 is 28.5 Å². The maximum atomic E-state index is 14.1. The average molecular weight is 498 g/mol. The Hall–Kier alpha value is -4.66. The number of nitrogens with one attached hydrogen (secondary N) is 1. The summed E-state index contributed by atoms with van der Waals surface area (Å²) in [6, 6.07) is 21.0. The van der Waals surface area contributed by atoms with Crippen molar-refractivity contribution in [2.24, 2.45) is 0 Å². The van der Waals surface area contributed by atoms with Gasteiger partial charge in [0.2, 0.25) is 5.91 Å². The number of amides is 2. The molecule has 0 aliphatic rings. The second-order valence-electron chi connectivity index (χ2n) is 8.63. The fraction of sp³-hybridized carbons (Fsp3) is 0.214. The van der Waals surface area contributed by atoms with Crippen LogP contribution < -0.4 is 10.2 Å². The van der Waals surface area contributed by atoms with Gasteiger partial charge in [0.25, 0.3) is 5.91 Å². The van der Waals surface area contributed by atoms with E-state index in [2.05, 4.69) is 15.6 Å². The SMILES string of the molecule is CCc1ccccc1N(C(=O)Cn1nnc2ccccc21)[C@@H](C(=O)NCc1ccco1)c1ccc(C)o1. The van der Waals surface area contributed by atoms with E-state index in [0.717, 1.165) is 11.1 Å². The standard InChI is InChI=1S/C28H27N5O4/c1-3-20-9-4-6-12-23(20)33(26(34)18-32-24-13-7-5-11-22(24)30-31-32)27(25-15-14-19(2)37-25)28(35)29-17-21-10-8-16-36-21/h4-16,27H,3,17-18H2,1-2H3,(H,29,35)/t27-/m1/s1. The van der Waals surface area contributed by atoms with E-state index in [4.69, 9.17) is 8.83 Å². The Morgan fingerprint density at radius 2 is 1.84 bits per heavy atom. The molecule has 0 saturated carbocycles. The molecule has 0 unspecified atom stereocenters. The van der Waals surface area contributed by atoms with Crippen molar-refractivity contribution in [1.82, 2.24) is 20.3 Å². The van der Waals surface area contributed by atoms with E-state index in [1.807, 2.05) is 55.5 Å². The summed E-state index contributed by atoms with van der Waals surface area (Å²) in [5, 5.41) is 11.3. The Morgan fingerprint density at radius 3 is 2.59 bits per heavy atom. The molecule has 37 heavy (non-hydrogen) atoms. The lowest BCUT2D eigenvalue weighted by Gasteiger charge is -2.31. The van der Waals surface area contributed by atoms with Crippen molar-refractivity contribution in [3.05, 3.63) is 102 Å². The molecule has 2 aromatic carbocycles. The van der Waals surface area contributed by atoms with Gasteiger partial charge >= 0.3 is 0 Å². The summed E-state index contributed by atoms with van der Waals surface area (Å²) in [5.74, 6) is 0.871. The van der Waals surface area contributed by atoms with Gasteiger partial charge in [0.05, 0.1) is 18.3 Å². The van der Waals surface area contributed by atoms with Crippen LogP contribution in [-0.2, 0) is 29.1 Å². The Balaban J connectivity index is 1.57. The number of carbonyl (C=O) groups excluding carboxylic acids is 2. The highest BCUT2D eigenvalue weighted by atomic mass is 16.3. The summed E-state index contributed by atoms with van der Waals surface area (Å²) in [6.07, 6.45) is 2.22. The molecular weight excluding hydrogens is 470 g/mol. The molecule has 5 rings (SSSR count). The van der Waals surface area contributed by atoms with Crippen molar-refractivity contribution < 1.29 is 18.4 Å². The van der Waals surface area contributed by atoms with Crippen LogP contribution in [0.4, 0.5) is 5.69 Å². The van der Waals surface area contributed by atoms with Gasteiger partial charge in [-0.15, -0.1) is 5.10 Å². The highest BCUT2D eigenvalue weighted by molar-refractivity contribution is 6.01. The summed E-state index contributed by atoms with van der Waals surface area (Å²) in [6.45, 7) is 3.87. The number of benzene rings is 2. The van der Waals surface area contributed by atoms with Gasteiger partial charge in [0, 0.05) is 5.69 Å². The number of aryl methyl sites for hydroxylation is 2. The molecule has 0 aliphatic heterocycles. The lowest BCUT2D eigenvalue weighted by molar-refractivity contribution is -0.127. The smallest absolute Gasteiger partial charge is 0.251 e. The fourth-order valence-electron chi connectivity index (χ4n) is 4.36. The van der Waals surface area contributed by atoms with Gasteiger partial charge in [0.1, 0.15) is 29.3 Å². The summed E-state index contributed by atoms with van der Waals surface area (Å²) in [7, 11) is 0. The normalized spacial score (nSPS) is 11.9. The monoisotopic (exact) mass is 497 g/mol. The number of aromatic nitrogens is 3. The predicted molar refractivity (Wildman–Crippen MR) is 138 cm³/mol. The van der Waals surface area contributed by atoms with Gasteiger partial charge < -0.3 is 14.2 Å². The number of carbonyl (C=O) groups is 2. The number of furan rings is 2. The number of rotatable bonds is 9. The highest BCUT2D eigenvalue weighted by Crippen LogP contribution is 2.32. The largest absolute Gasteiger partial charge is 0.467 e. The molecule has 0 fully saturated rings. The van der Waals surface area contributed by atoms with Crippen LogP contribution in [0.3, 0.4) is 0 Å². The summed E-state index contributed by atoms with van der Waals surface area (Å²) < 4.78 is 12.8. The zero-order valence-corrected chi connectivity index (χ0v) is 20.6. The third-order valence-corrected chi connectivity index (χ3v) is 6.16. The second-order valence-corrected chi connectivity index (χ2v) is 8.63. The van der Waals surface area contributed by atoms with Crippen molar-refractivity contribution in [3.8, 4) is 0 Å². The molecule has 2 amide bonds. The quantitative estimate of drug-likeness (QED) is 0.320. The third-order valence-electron chi connectivity index (χ3n) is 6.16. The molecule has 3 heterocycles. The van der Waals surface area contributed by atoms with Gasteiger partial charge in [-0.2, -0.15) is 0 Å². The maximum absolute atomic E-state index is 14.1. The minimum absolute atomic E-state index is 0.111. The zero-order chi connectivity index (χ0) is 25.8. The molecule has 188 valence electrons. The lowest BCUT2D eigenvalue weighted by atomic mass is 10.1. The van der Waals surface area contributed by atoms with Gasteiger partial charge in [-0.05, 0) is 61.4 Å². The van der Waals surface area contributed by atoms with E-state index in [0.29, 0.717) is 34.9 Å². The molecule has 3 aromatic heterocycles. The van der Waals surface area contributed by atoms with E-state index in [9.17, 15) is 9.59 Å². The van der Waals surface area contributed by atoms with Gasteiger partial charge in [-0.1, -0.05) is 42.5 Å². The Labute approximate surface area is 213 Å². The molecule has 5 aromatic rings. The van der Waals surface area contributed by atoms with Crippen LogP contribution >= 0.6 is 0 Å². The number of fused-ring (bicyclic) bond motifs is 1. The van der Waals surface area contributed by atoms with Crippen LogP contribution in [0, 0.1) is 6.92 Å². The first-order chi connectivity index (χ1) is 18.0. The van der Waals surface area contributed by atoms with Crippen LogP contribution in [0.2, 0.25) is 0 Å². The highest BCUT2D eigenvalue weighted by Gasteiger charge is 2.36. The van der Waals surface area contributed by atoms with Crippen LogP contribution in [0.25, 0.3) is 11.0 Å². The maximum Gasteiger partial charge on any atom is 0.251 e. The predicted octanol–water partition coefficient (Wildman–Crippen LogP) is 4.58. The van der Waals surface area contributed by atoms with E-state index >= 15 is 0 Å². The van der Waals surface area contributed by atoms with Gasteiger partial charge in [-0.25, -0.2) is 4.68 Å². The zero-order valence-electron chi connectivity index (χ0n) is 20.6. The number of nitrogens with zero attached hydrogens (tertiary/aromatic N) is 4. The molecule has 9 heteroatoms. The number of hydrogen-bond acceptors (Lipinski definition) is 6. The Morgan fingerprint density at radius 1 is 1.03 bits per heavy atom. The molecule has 0 saturated heterocycles. The van der Waals surface area contributed by atoms with E-state index < -0.39 is 11.9 Å². The molecule has 0 aliphatic carbocycles. The van der Waals surface area contributed by atoms with E-state index in [1.54, 1.807) is 42.1 Å². The topological polar surface area (TPSA) is 106 Å². The van der Waals surface area contributed by atoms with Crippen LogP contribution in [0.15, 0.2) is 87.9 Å². The fourth-order valence-corrected chi connectivity index (χ4v) is 4.36. The molecule has 0 spiro atoms. The van der Waals surface area contributed by atoms with Crippen molar-refractivity contribution in [2.75, 3.05) is 4.90 Å². The lowest BCUT2D eigenvalue weighted by Crippen LogP contribution is -2.45. The van der Waals surface area contributed by atoms with Crippen LogP contribution in [-0.4, -0.2) is 26.8 Å². The third kappa shape index (κ3) is 5.02. The molecule has 0 radical (unpaired) electrons. The molecule has 0 bridgehead atoms. The van der Waals surface area contributed by atoms with Crippen molar-refractivity contribution in [1.29, 1.82) is 0 Å². The molecule has 9 nitrogen and oxygen atoms in total. The van der Waals surface area contributed by atoms with Gasteiger partial charge in [0.15, 0.2) is 6.04 Å². The Kier molecular flexibility index (Phi) is 6.85. The van der Waals surface area contributed by atoms with Gasteiger partial charge in [-0.3, -0.25) is 14.5 Å². The van der Waals surface area contributed by atoms with Crippen molar-refractivity contribution in [2.45, 2.75) is 39.4 Å².